The summed E-state index contributed by atoms with van der Waals surface area (Å²) in [6.07, 6.45) is 2.21. The van der Waals surface area contributed by atoms with Crippen molar-refractivity contribution in [1.82, 2.24) is 0 Å². The number of thiophene rings is 1. The van der Waals surface area contributed by atoms with Gasteiger partial charge in [-0.15, -0.1) is 11.3 Å². The monoisotopic (exact) mass is 222 g/mol. The molecule has 0 N–H and O–H groups in total. The molecule has 1 heterocycles. The van der Waals surface area contributed by atoms with Crippen LogP contribution < -0.4 is 0 Å². The minimum absolute atomic E-state index is 0.722. The van der Waals surface area contributed by atoms with E-state index in [9.17, 15) is 0 Å². The third kappa shape index (κ3) is 2.96. The SMILES string of the molecule is CC(C)CCc1cc(Cl)sc1Cl. The molecule has 0 aliphatic carbocycles. The Bertz CT molecular complexity index is 253. The summed E-state index contributed by atoms with van der Waals surface area (Å²) >= 11 is 13.2. The molecule has 0 nitrogen and oxygen atoms in total. The first-order valence-corrected chi connectivity index (χ1v) is 5.60. The molecule has 0 saturated heterocycles. The van der Waals surface area contributed by atoms with Crippen molar-refractivity contribution in [2.45, 2.75) is 26.7 Å². The minimum atomic E-state index is 0.722. The van der Waals surface area contributed by atoms with Crippen LogP contribution in [0.15, 0.2) is 6.07 Å². The highest BCUT2D eigenvalue weighted by molar-refractivity contribution is 7.20. The van der Waals surface area contributed by atoms with Gasteiger partial charge in [0.25, 0.3) is 0 Å². The number of hydrogen-bond acceptors (Lipinski definition) is 1. The molecular weight excluding hydrogens is 211 g/mol. The van der Waals surface area contributed by atoms with Gasteiger partial charge in [0.05, 0.1) is 8.67 Å². The lowest BCUT2D eigenvalue weighted by Gasteiger charge is -2.02. The second-order valence-corrected chi connectivity index (χ2v) is 5.57. The highest BCUT2D eigenvalue weighted by Crippen LogP contribution is 2.32. The molecule has 0 fully saturated rings. The first-order valence-electron chi connectivity index (χ1n) is 4.03. The predicted octanol–water partition coefficient (Wildman–Crippen LogP) is 4.64. The summed E-state index contributed by atoms with van der Waals surface area (Å²) < 4.78 is 1.64. The van der Waals surface area contributed by atoms with Crippen LogP contribution in [-0.2, 0) is 6.42 Å². The highest BCUT2D eigenvalue weighted by atomic mass is 35.5. The van der Waals surface area contributed by atoms with Gasteiger partial charge >= 0.3 is 0 Å². The highest BCUT2D eigenvalue weighted by Gasteiger charge is 2.05. The normalized spacial score (nSPS) is 11.1. The number of rotatable bonds is 3. The third-order valence-electron chi connectivity index (χ3n) is 1.72. The molecule has 0 aliphatic rings. The van der Waals surface area contributed by atoms with Gasteiger partial charge in [-0.1, -0.05) is 37.0 Å². The van der Waals surface area contributed by atoms with Crippen LogP contribution in [0.25, 0.3) is 0 Å². The van der Waals surface area contributed by atoms with E-state index in [0.717, 1.165) is 21.0 Å². The zero-order valence-corrected chi connectivity index (χ0v) is 9.56. The smallest absolute Gasteiger partial charge is 0.0976 e. The first-order chi connectivity index (χ1) is 5.59. The van der Waals surface area contributed by atoms with E-state index < -0.39 is 0 Å². The van der Waals surface area contributed by atoms with E-state index in [1.54, 1.807) is 0 Å². The van der Waals surface area contributed by atoms with E-state index in [1.807, 2.05) is 6.07 Å². The number of halogens is 2. The van der Waals surface area contributed by atoms with Gasteiger partial charge in [-0.3, -0.25) is 0 Å². The van der Waals surface area contributed by atoms with E-state index in [4.69, 9.17) is 23.2 Å². The molecule has 0 atom stereocenters. The molecule has 0 bridgehead atoms. The Labute approximate surface area is 87.5 Å². The zero-order chi connectivity index (χ0) is 9.14. The minimum Gasteiger partial charge on any atom is -0.111 e. The summed E-state index contributed by atoms with van der Waals surface area (Å²) in [6.45, 7) is 4.42. The average molecular weight is 223 g/mol. The summed E-state index contributed by atoms with van der Waals surface area (Å²) in [5, 5.41) is 0. The Morgan fingerprint density at radius 1 is 1.42 bits per heavy atom. The molecule has 0 radical (unpaired) electrons. The van der Waals surface area contributed by atoms with Gasteiger partial charge in [0.2, 0.25) is 0 Å². The Hall–Kier alpha value is 0.280. The fourth-order valence-electron chi connectivity index (χ4n) is 0.989. The first kappa shape index (κ1) is 10.4. The fourth-order valence-corrected chi connectivity index (χ4v) is 2.53. The van der Waals surface area contributed by atoms with Crippen molar-refractivity contribution in [3.05, 3.63) is 20.3 Å². The van der Waals surface area contributed by atoms with Gasteiger partial charge < -0.3 is 0 Å². The zero-order valence-electron chi connectivity index (χ0n) is 7.23. The maximum Gasteiger partial charge on any atom is 0.0976 e. The van der Waals surface area contributed by atoms with Crippen molar-refractivity contribution in [3.8, 4) is 0 Å². The van der Waals surface area contributed by atoms with Crippen LogP contribution in [0, 0.1) is 5.92 Å². The summed E-state index contributed by atoms with van der Waals surface area (Å²) in [5.74, 6) is 0.722. The van der Waals surface area contributed by atoms with Crippen molar-refractivity contribution in [1.29, 1.82) is 0 Å². The Kier molecular flexibility index (Phi) is 3.88. The average Bonchev–Trinajstić information content (AvgIpc) is 2.26. The summed E-state index contributed by atoms with van der Waals surface area (Å²) in [4.78, 5) is 0. The van der Waals surface area contributed by atoms with E-state index in [-0.39, 0.29) is 0 Å². The van der Waals surface area contributed by atoms with Gasteiger partial charge in [-0.05, 0) is 30.4 Å². The predicted molar refractivity (Wildman–Crippen MR) is 57.5 cm³/mol. The van der Waals surface area contributed by atoms with Crippen LogP contribution in [0.3, 0.4) is 0 Å². The van der Waals surface area contributed by atoms with Crippen molar-refractivity contribution in [3.63, 3.8) is 0 Å². The molecular formula is C9H12Cl2S. The second kappa shape index (κ2) is 4.50. The van der Waals surface area contributed by atoms with Crippen molar-refractivity contribution < 1.29 is 0 Å². The van der Waals surface area contributed by atoms with Gasteiger partial charge in [0.1, 0.15) is 0 Å². The largest absolute Gasteiger partial charge is 0.111 e. The molecule has 3 heteroatoms. The molecule has 0 aliphatic heterocycles. The lowest BCUT2D eigenvalue weighted by Crippen LogP contribution is -1.90. The Morgan fingerprint density at radius 3 is 2.50 bits per heavy atom. The molecule has 68 valence electrons. The Balaban J connectivity index is 2.57. The van der Waals surface area contributed by atoms with E-state index in [2.05, 4.69) is 13.8 Å². The van der Waals surface area contributed by atoms with Crippen LogP contribution in [0.1, 0.15) is 25.8 Å². The van der Waals surface area contributed by atoms with Gasteiger partial charge in [-0.2, -0.15) is 0 Å². The van der Waals surface area contributed by atoms with E-state index in [0.29, 0.717) is 0 Å². The van der Waals surface area contributed by atoms with E-state index in [1.165, 1.54) is 23.3 Å². The topological polar surface area (TPSA) is 0 Å². The molecule has 0 saturated carbocycles. The maximum absolute atomic E-state index is 5.96. The van der Waals surface area contributed by atoms with Crippen LogP contribution in [0.2, 0.25) is 8.67 Å². The van der Waals surface area contributed by atoms with Gasteiger partial charge in [0.15, 0.2) is 0 Å². The summed E-state index contributed by atoms with van der Waals surface area (Å²) in [7, 11) is 0. The van der Waals surface area contributed by atoms with Crippen LogP contribution in [0.4, 0.5) is 0 Å². The molecule has 0 unspecified atom stereocenters. The molecule has 1 rings (SSSR count). The molecule has 0 spiro atoms. The molecule has 12 heavy (non-hydrogen) atoms. The van der Waals surface area contributed by atoms with Crippen molar-refractivity contribution >= 4 is 34.5 Å². The van der Waals surface area contributed by atoms with Gasteiger partial charge in [0, 0.05) is 0 Å². The number of hydrogen-bond donors (Lipinski definition) is 0. The molecule has 1 aromatic rings. The fraction of sp³-hybridized carbons (Fsp3) is 0.556. The molecule has 0 aromatic carbocycles. The maximum atomic E-state index is 5.96. The summed E-state index contributed by atoms with van der Waals surface area (Å²) in [6, 6.07) is 1.97. The lowest BCUT2D eigenvalue weighted by atomic mass is 10.1. The molecule has 0 amide bonds. The van der Waals surface area contributed by atoms with Crippen LogP contribution in [-0.4, -0.2) is 0 Å². The van der Waals surface area contributed by atoms with Crippen molar-refractivity contribution in [2.24, 2.45) is 5.92 Å². The molecule has 1 aromatic heterocycles. The quantitative estimate of drug-likeness (QED) is 0.700. The van der Waals surface area contributed by atoms with Gasteiger partial charge in [-0.25, -0.2) is 0 Å². The van der Waals surface area contributed by atoms with E-state index >= 15 is 0 Å². The second-order valence-electron chi connectivity index (χ2n) is 3.28. The van der Waals surface area contributed by atoms with Crippen LogP contribution in [0.5, 0.6) is 0 Å². The third-order valence-corrected chi connectivity index (χ3v) is 3.29. The Morgan fingerprint density at radius 2 is 2.08 bits per heavy atom. The lowest BCUT2D eigenvalue weighted by molar-refractivity contribution is 0.587. The standard InChI is InChI=1S/C9H12Cl2S/c1-6(2)3-4-7-5-8(10)12-9(7)11/h5-6H,3-4H2,1-2H3. The van der Waals surface area contributed by atoms with Crippen molar-refractivity contribution in [2.75, 3.05) is 0 Å². The number of aryl methyl sites for hydroxylation is 1. The van der Waals surface area contributed by atoms with Crippen LogP contribution >= 0.6 is 34.5 Å². The summed E-state index contributed by atoms with van der Waals surface area (Å²) in [5.41, 5.74) is 1.19.